The van der Waals surface area contributed by atoms with E-state index in [-0.39, 0.29) is 6.61 Å². The van der Waals surface area contributed by atoms with Crippen LogP contribution in [0.15, 0.2) is 18.3 Å². The standard InChI is InChI=1S/C15H22N6O3/c1-2-3-12(15(23)24)13(14-18-20-21-19-14)8-10-4-5-11(9-17-10)16-6-7-22/h4-5,9,12-13,16,22H,2-3,6-8H2,1H3,(H,23,24)(H,18,19,20,21). The van der Waals surface area contributed by atoms with Crippen LogP contribution in [0, 0.1) is 5.92 Å². The normalized spacial score (nSPS) is 13.4. The first-order chi connectivity index (χ1) is 11.7. The van der Waals surface area contributed by atoms with Crippen LogP contribution in [-0.2, 0) is 11.2 Å². The molecule has 9 nitrogen and oxygen atoms in total. The Morgan fingerprint density at radius 2 is 2.25 bits per heavy atom. The first kappa shape index (κ1) is 17.8. The number of anilines is 1. The Morgan fingerprint density at radius 3 is 2.79 bits per heavy atom. The van der Waals surface area contributed by atoms with Gasteiger partial charge in [-0.2, -0.15) is 5.21 Å². The lowest BCUT2D eigenvalue weighted by molar-refractivity contribution is -0.143. The fourth-order valence-corrected chi connectivity index (χ4v) is 2.62. The fraction of sp³-hybridized carbons (Fsp3) is 0.533. The Morgan fingerprint density at radius 1 is 1.42 bits per heavy atom. The highest BCUT2D eigenvalue weighted by molar-refractivity contribution is 5.71. The van der Waals surface area contributed by atoms with Crippen LogP contribution in [-0.4, -0.2) is 54.9 Å². The number of carbonyl (C=O) groups is 1. The number of aliphatic hydroxyl groups excluding tert-OH is 1. The number of aromatic amines is 1. The Hall–Kier alpha value is -2.55. The third-order valence-electron chi connectivity index (χ3n) is 3.79. The lowest BCUT2D eigenvalue weighted by Crippen LogP contribution is -2.25. The molecule has 2 atom stereocenters. The second-order valence-corrected chi connectivity index (χ2v) is 5.50. The molecule has 0 fully saturated rings. The number of aliphatic carboxylic acids is 1. The number of aliphatic hydroxyl groups is 1. The van der Waals surface area contributed by atoms with Crippen molar-refractivity contribution in [2.24, 2.45) is 5.92 Å². The quantitative estimate of drug-likeness (QED) is 0.501. The Bertz CT molecular complexity index is 617. The molecular formula is C15H22N6O3. The van der Waals surface area contributed by atoms with Crippen LogP contribution in [0.25, 0.3) is 0 Å². The van der Waals surface area contributed by atoms with E-state index in [4.69, 9.17) is 5.11 Å². The number of pyridine rings is 1. The van der Waals surface area contributed by atoms with Crippen molar-refractivity contribution in [3.8, 4) is 0 Å². The maximum atomic E-state index is 11.6. The molecule has 130 valence electrons. The highest BCUT2D eigenvalue weighted by atomic mass is 16.4. The number of hydrogen-bond acceptors (Lipinski definition) is 7. The summed E-state index contributed by atoms with van der Waals surface area (Å²) in [7, 11) is 0. The average molecular weight is 334 g/mol. The van der Waals surface area contributed by atoms with Crippen molar-refractivity contribution in [3.63, 3.8) is 0 Å². The molecule has 0 bridgehead atoms. The van der Waals surface area contributed by atoms with Gasteiger partial charge in [-0.05, 0) is 18.6 Å². The molecule has 0 radical (unpaired) electrons. The van der Waals surface area contributed by atoms with Gasteiger partial charge < -0.3 is 15.5 Å². The highest BCUT2D eigenvalue weighted by Crippen LogP contribution is 2.29. The minimum Gasteiger partial charge on any atom is -0.481 e. The molecule has 2 heterocycles. The summed E-state index contributed by atoms with van der Waals surface area (Å²) in [6.45, 7) is 2.44. The molecule has 0 saturated carbocycles. The zero-order chi connectivity index (χ0) is 17.4. The number of H-pyrrole nitrogens is 1. The summed E-state index contributed by atoms with van der Waals surface area (Å²) >= 11 is 0. The first-order valence-corrected chi connectivity index (χ1v) is 7.91. The van der Waals surface area contributed by atoms with Crippen molar-refractivity contribution >= 4 is 11.7 Å². The SMILES string of the molecule is CCCC(C(=O)O)C(Cc1ccc(NCCO)cn1)c1nn[nH]n1. The van der Waals surface area contributed by atoms with Gasteiger partial charge in [-0.1, -0.05) is 18.6 Å². The predicted octanol–water partition coefficient (Wildman–Crippen LogP) is 0.826. The van der Waals surface area contributed by atoms with Crippen LogP contribution in [0.5, 0.6) is 0 Å². The summed E-state index contributed by atoms with van der Waals surface area (Å²) in [6.07, 6.45) is 3.36. The molecule has 4 N–H and O–H groups in total. The number of aromatic nitrogens is 5. The second kappa shape index (κ2) is 8.92. The molecule has 0 amide bonds. The van der Waals surface area contributed by atoms with Gasteiger partial charge in [0, 0.05) is 24.6 Å². The number of rotatable bonds is 10. The summed E-state index contributed by atoms with van der Waals surface area (Å²) < 4.78 is 0. The molecule has 2 aromatic rings. The van der Waals surface area contributed by atoms with Crippen molar-refractivity contribution in [2.75, 3.05) is 18.5 Å². The number of nitrogens with one attached hydrogen (secondary N) is 2. The minimum atomic E-state index is -0.868. The largest absolute Gasteiger partial charge is 0.481 e. The Labute approximate surface area is 139 Å². The monoisotopic (exact) mass is 334 g/mol. The van der Waals surface area contributed by atoms with Gasteiger partial charge in [0.25, 0.3) is 0 Å². The van der Waals surface area contributed by atoms with E-state index in [9.17, 15) is 9.90 Å². The average Bonchev–Trinajstić information content (AvgIpc) is 3.11. The third kappa shape index (κ3) is 4.72. The van der Waals surface area contributed by atoms with Crippen LogP contribution in [0.4, 0.5) is 5.69 Å². The second-order valence-electron chi connectivity index (χ2n) is 5.50. The van der Waals surface area contributed by atoms with Crippen LogP contribution >= 0.6 is 0 Å². The van der Waals surface area contributed by atoms with E-state index in [1.165, 1.54) is 0 Å². The lowest BCUT2D eigenvalue weighted by atomic mass is 9.84. The van der Waals surface area contributed by atoms with Crippen molar-refractivity contribution in [1.82, 2.24) is 25.6 Å². The van der Waals surface area contributed by atoms with Gasteiger partial charge in [-0.15, -0.1) is 10.2 Å². The van der Waals surface area contributed by atoms with Crippen LogP contribution in [0.2, 0.25) is 0 Å². The number of nitrogens with zero attached hydrogens (tertiary/aromatic N) is 4. The number of tetrazole rings is 1. The molecule has 0 saturated heterocycles. The van der Waals surface area contributed by atoms with Crippen LogP contribution in [0.3, 0.4) is 0 Å². The molecule has 0 aromatic carbocycles. The van der Waals surface area contributed by atoms with Gasteiger partial charge in [-0.25, -0.2) is 0 Å². The molecular weight excluding hydrogens is 312 g/mol. The minimum absolute atomic E-state index is 0.0406. The zero-order valence-corrected chi connectivity index (χ0v) is 13.5. The summed E-state index contributed by atoms with van der Waals surface area (Å²) in [5.74, 6) is -1.47. The molecule has 0 spiro atoms. The van der Waals surface area contributed by atoms with E-state index < -0.39 is 17.8 Å². The van der Waals surface area contributed by atoms with Gasteiger partial charge in [0.2, 0.25) is 0 Å². The van der Waals surface area contributed by atoms with E-state index in [1.807, 2.05) is 19.1 Å². The number of hydrogen-bond donors (Lipinski definition) is 4. The van der Waals surface area contributed by atoms with E-state index in [1.54, 1.807) is 6.20 Å². The Kier molecular flexibility index (Phi) is 6.62. The lowest BCUT2D eigenvalue weighted by Gasteiger charge is -2.20. The van der Waals surface area contributed by atoms with Crippen molar-refractivity contribution in [3.05, 3.63) is 29.8 Å². The summed E-state index contributed by atoms with van der Waals surface area (Å²) in [5.41, 5.74) is 1.55. The van der Waals surface area contributed by atoms with Crippen molar-refractivity contribution in [2.45, 2.75) is 32.1 Å². The summed E-state index contributed by atoms with van der Waals surface area (Å²) in [6, 6.07) is 3.68. The summed E-state index contributed by atoms with van der Waals surface area (Å²) in [4.78, 5) is 16.0. The van der Waals surface area contributed by atoms with Gasteiger partial charge in [0.1, 0.15) is 0 Å². The maximum Gasteiger partial charge on any atom is 0.307 e. The fourth-order valence-electron chi connectivity index (χ4n) is 2.62. The predicted molar refractivity (Wildman–Crippen MR) is 86.5 cm³/mol. The van der Waals surface area contributed by atoms with Gasteiger partial charge in [0.15, 0.2) is 5.82 Å². The van der Waals surface area contributed by atoms with Crippen LogP contribution in [0.1, 0.15) is 37.2 Å². The van der Waals surface area contributed by atoms with Gasteiger partial charge in [0.05, 0.1) is 24.4 Å². The van der Waals surface area contributed by atoms with Gasteiger partial charge >= 0.3 is 5.97 Å². The molecule has 0 aliphatic carbocycles. The molecule has 9 heteroatoms. The van der Waals surface area contributed by atoms with E-state index >= 15 is 0 Å². The molecule has 24 heavy (non-hydrogen) atoms. The van der Waals surface area contributed by atoms with E-state index in [0.717, 1.165) is 17.8 Å². The topological polar surface area (TPSA) is 137 Å². The number of carboxylic acids is 1. The highest BCUT2D eigenvalue weighted by Gasteiger charge is 2.32. The number of carboxylic acid groups (broad SMARTS) is 1. The maximum absolute atomic E-state index is 11.6. The van der Waals surface area contributed by atoms with Crippen molar-refractivity contribution in [1.29, 1.82) is 0 Å². The van der Waals surface area contributed by atoms with E-state index in [0.29, 0.717) is 25.2 Å². The zero-order valence-electron chi connectivity index (χ0n) is 13.5. The first-order valence-electron chi connectivity index (χ1n) is 7.91. The van der Waals surface area contributed by atoms with Gasteiger partial charge in [-0.3, -0.25) is 9.78 Å². The van der Waals surface area contributed by atoms with Crippen LogP contribution < -0.4 is 5.32 Å². The summed E-state index contributed by atoms with van der Waals surface area (Å²) in [5, 5.41) is 35.3. The smallest absolute Gasteiger partial charge is 0.307 e. The van der Waals surface area contributed by atoms with E-state index in [2.05, 4.69) is 30.9 Å². The molecule has 0 aliphatic rings. The third-order valence-corrected chi connectivity index (χ3v) is 3.79. The Balaban J connectivity index is 2.17. The molecule has 2 aromatic heterocycles. The molecule has 0 aliphatic heterocycles. The van der Waals surface area contributed by atoms with Crippen molar-refractivity contribution < 1.29 is 15.0 Å². The molecule has 2 unspecified atom stereocenters. The molecule has 2 rings (SSSR count).